The van der Waals surface area contributed by atoms with E-state index in [-0.39, 0.29) is 11.2 Å². The zero-order valence-electron chi connectivity index (χ0n) is 11.3. The third-order valence-electron chi connectivity index (χ3n) is 2.59. The van der Waals surface area contributed by atoms with E-state index in [0.717, 1.165) is 6.42 Å². The van der Waals surface area contributed by atoms with E-state index < -0.39 is 0 Å². The average Bonchev–Trinajstić information content (AvgIpc) is 2.26. The van der Waals surface area contributed by atoms with Gasteiger partial charge >= 0.3 is 0 Å². The molecular weight excluding hydrogens is 233 g/mol. The maximum absolute atomic E-state index is 13.2. The second kappa shape index (κ2) is 5.85. The van der Waals surface area contributed by atoms with Crippen LogP contribution in [0.25, 0.3) is 0 Å². The van der Waals surface area contributed by atoms with E-state index in [2.05, 4.69) is 25.9 Å². The Kier molecular flexibility index (Phi) is 4.70. The summed E-state index contributed by atoms with van der Waals surface area (Å²) < 4.78 is 18.8. The summed E-state index contributed by atoms with van der Waals surface area (Å²) in [7, 11) is 0. The molecule has 0 amide bonds. The molecule has 0 unspecified atom stereocenters. The molecule has 0 heterocycles. The number of benzene rings is 1. The third-order valence-corrected chi connectivity index (χ3v) is 2.59. The van der Waals surface area contributed by atoms with Gasteiger partial charge in [-0.25, -0.2) is 4.39 Å². The number of nitrogens with zero attached hydrogens (tertiary/aromatic N) is 1. The first-order valence-corrected chi connectivity index (χ1v) is 5.95. The number of hydrogen-bond donors (Lipinski definition) is 1. The lowest BCUT2D eigenvalue weighted by molar-refractivity contribution is 0.242. The number of oxime groups is 1. The first kappa shape index (κ1) is 14.5. The van der Waals surface area contributed by atoms with Crippen molar-refractivity contribution in [1.82, 2.24) is 0 Å². The number of halogens is 1. The van der Waals surface area contributed by atoms with Crippen LogP contribution in [0.4, 0.5) is 4.39 Å². The standard InChI is InChI=1S/C14H20FNO2/c1-10(16-17)12-6-5-11(15)9-13(12)18-8-7-14(2,3)4/h5-6,9,17H,7-8H2,1-4H3. The molecule has 0 aliphatic rings. The molecule has 1 aromatic carbocycles. The lowest BCUT2D eigenvalue weighted by Crippen LogP contribution is -2.12. The minimum atomic E-state index is -0.366. The van der Waals surface area contributed by atoms with E-state index in [0.29, 0.717) is 23.6 Å². The summed E-state index contributed by atoms with van der Waals surface area (Å²) in [5, 5.41) is 11.9. The molecule has 0 radical (unpaired) electrons. The van der Waals surface area contributed by atoms with Crippen LogP contribution < -0.4 is 4.74 Å². The fourth-order valence-electron chi connectivity index (χ4n) is 1.44. The van der Waals surface area contributed by atoms with Crippen molar-refractivity contribution in [3.05, 3.63) is 29.6 Å². The molecule has 0 spiro atoms. The quantitative estimate of drug-likeness (QED) is 0.503. The van der Waals surface area contributed by atoms with E-state index >= 15 is 0 Å². The van der Waals surface area contributed by atoms with Gasteiger partial charge in [0.2, 0.25) is 0 Å². The van der Waals surface area contributed by atoms with Gasteiger partial charge in [-0.05, 0) is 30.9 Å². The fourth-order valence-corrected chi connectivity index (χ4v) is 1.44. The molecule has 0 bridgehead atoms. The zero-order chi connectivity index (χ0) is 13.8. The Morgan fingerprint density at radius 3 is 2.61 bits per heavy atom. The summed E-state index contributed by atoms with van der Waals surface area (Å²) in [6, 6.07) is 4.18. The summed E-state index contributed by atoms with van der Waals surface area (Å²) in [6.07, 6.45) is 0.859. The van der Waals surface area contributed by atoms with Gasteiger partial charge in [-0.1, -0.05) is 25.9 Å². The summed E-state index contributed by atoms with van der Waals surface area (Å²) in [5.41, 5.74) is 1.17. The molecule has 0 aliphatic carbocycles. The number of rotatable bonds is 4. The second-order valence-corrected chi connectivity index (χ2v) is 5.49. The van der Waals surface area contributed by atoms with Gasteiger partial charge in [-0.3, -0.25) is 0 Å². The first-order valence-electron chi connectivity index (χ1n) is 5.95. The Labute approximate surface area is 107 Å². The zero-order valence-corrected chi connectivity index (χ0v) is 11.3. The van der Waals surface area contributed by atoms with Crippen LogP contribution in [-0.4, -0.2) is 17.5 Å². The topological polar surface area (TPSA) is 41.8 Å². The van der Waals surface area contributed by atoms with Crippen LogP contribution in [0.2, 0.25) is 0 Å². The van der Waals surface area contributed by atoms with Crippen molar-refractivity contribution in [3.8, 4) is 5.75 Å². The summed E-state index contributed by atoms with van der Waals surface area (Å²) in [6.45, 7) is 8.48. The molecule has 0 aliphatic heterocycles. The van der Waals surface area contributed by atoms with Crippen molar-refractivity contribution in [2.45, 2.75) is 34.1 Å². The minimum absolute atomic E-state index is 0.160. The molecule has 0 aromatic heterocycles. The van der Waals surface area contributed by atoms with Gasteiger partial charge in [0.15, 0.2) is 0 Å². The van der Waals surface area contributed by atoms with Crippen LogP contribution in [0.1, 0.15) is 39.7 Å². The van der Waals surface area contributed by atoms with Gasteiger partial charge in [-0.15, -0.1) is 0 Å². The van der Waals surface area contributed by atoms with Gasteiger partial charge < -0.3 is 9.94 Å². The molecule has 100 valence electrons. The molecule has 4 heteroatoms. The lowest BCUT2D eigenvalue weighted by atomic mass is 9.93. The normalized spacial score (nSPS) is 12.6. The highest BCUT2D eigenvalue weighted by Gasteiger charge is 2.13. The summed E-state index contributed by atoms with van der Waals surface area (Å²) in [4.78, 5) is 0. The second-order valence-electron chi connectivity index (χ2n) is 5.49. The van der Waals surface area contributed by atoms with Crippen LogP contribution in [0.3, 0.4) is 0 Å². The van der Waals surface area contributed by atoms with Gasteiger partial charge in [0, 0.05) is 11.6 Å². The Morgan fingerprint density at radius 2 is 2.06 bits per heavy atom. The van der Waals surface area contributed by atoms with E-state index in [4.69, 9.17) is 9.94 Å². The van der Waals surface area contributed by atoms with Gasteiger partial charge in [0.05, 0.1) is 12.3 Å². The molecular formula is C14H20FNO2. The number of hydrogen-bond acceptors (Lipinski definition) is 3. The lowest BCUT2D eigenvalue weighted by Gasteiger charge is -2.19. The van der Waals surface area contributed by atoms with Crippen LogP contribution in [0.15, 0.2) is 23.4 Å². The summed E-state index contributed by atoms with van der Waals surface area (Å²) in [5.74, 6) is 0.0461. The van der Waals surface area contributed by atoms with Crippen molar-refractivity contribution >= 4 is 5.71 Å². The van der Waals surface area contributed by atoms with Crippen molar-refractivity contribution in [3.63, 3.8) is 0 Å². The minimum Gasteiger partial charge on any atom is -0.493 e. The molecule has 0 saturated carbocycles. The van der Waals surface area contributed by atoms with Crippen molar-refractivity contribution in [2.75, 3.05) is 6.61 Å². The Bertz CT molecular complexity index is 436. The first-order chi connectivity index (χ1) is 8.33. The summed E-state index contributed by atoms with van der Waals surface area (Å²) >= 11 is 0. The van der Waals surface area contributed by atoms with E-state index in [1.165, 1.54) is 12.1 Å². The van der Waals surface area contributed by atoms with Gasteiger partial charge in [0.25, 0.3) is 0 Å². The molecule has 1 aromatic rings. The molecule has 0 atom stereocenters. The Balaban J connectivity index is 2.83. The maximum Gasteiger partial charge on any atom is 0.131 e. The van der Waals surface area contributed by atoms with Crippen LogP contribution in [-0.2, 0) is 0 Å². The van der Waals surface area contributed by atoms with Crippen molar-refractivity contribution in [1.29, 1.82) is 0 Å². The number of ether oxygens (including phenoxy) is 1. The van der Waals surface area contributed by atoms with Crippen molar-refractivity contribution < 1.29 is 14.3 Å². The molecule has 0 fully saturated rings. The highest BCUT2D eigenvalue weighted by molar-refractivity contribution is 6.00. The van der Waals surface area contributed by atoms with Gasteiger partial charge in [0.1, 0.15) is 11.6 Å². The van der Waals surface area contributed by atoms with Crippen molar-refractivity contribution in [2.24, 2.45) is 10.6 Å². The Morgan fingerprint density at radius 1 is 1.39 bits per heavy atom. The maximum atomic E-state index is 13.2. The smallest absolute Gasteiger partial charge is 0.131 e. The molecule has 18 heavy (non-hydrogen) atoms. The Hall–Kier alpha value is -1.58. The highest BCUT2D eigenvalue weighted by atomic mass is 19.1. The predicted molar refractivity (Wildman–Crippen MR) is 70.0 cm³/mol. The van der Waals surface area contributed by atoms with Gasteiger partial charge in [-0.2, -0.15) is 0 Å². The molecule has 3 nitrogen and oxygen atoms in total. The largest absolute Gasteiger partial charge is 0.493 e. The average molecular weight is 253 g/mol. The predicted octanol–water partition coefficient (Wildman–Crippen LogP) is 3.84. The third kappa shape index (κ3) is 4.35. The molecule has 0 saturated heterocycles. The van der Waals surface area contributed by atoms with E-state index in [9.17, 15) is 4.39 Å². The van der Waals surface area contributed by atoms with Crippen LogP contribution in [0.5, 0.6) is 5.75 Å². The fraction of sp³-hybridized carbons (Fsp3) is 0.500. The SMILES string of the molecule is CC(=NO)c1ccc(F)cc1OCCC(C)(C)C. The van der Waals surface area contributed by atoms with E-state index in [1.54, 1.807) is 13.0 Å². The monoisotopic (exact) mass is 253 g/mol. The van der Waals surface area contributed by atoms with Crippen LogP contribution in [0, 0.1) is 11.2 Å². The van der Waals surface area contributed by atoms with E-state index in [1.807, 2.05) is 0 Å². The van der Waals surface area contributed by atoms with Crippen LogP contribution >= 0.6 is 0 Å². The highest BCUT2D eigenvalue weighted by Crippen LogP contribution is 2.23. The molecule has 1 N–H and O–H groups in total. The molecule has 1 rings (SSSR count).